The van der Waals surface area contributed by atoms with Crippen molar-refractivity contribution in [3.05, 3.63) is 0 Å². The Balaban J connectivity index is 3.43. The van der Waals surface area contributed by atoms with Gasteiger partial charge in [0.1, 0.15) is 0 Å². The summed E-state index contributed by atoms with van der Waals surface area (Å²) in [4.78, 5) is 8.29. The maximum absolute atomic E-state index is 5.26. The van der Waals surface area contributed by atoms with E-state index in [-0.39, 0.29) is 11.1 Å². The molecule has 0 unspecified atom stereocenters. The lowest BCUT2D eigenvalue weighted by molar-refractivity contribution is 0.0375. The van der Waals surface area contributed by atoms with Crippen molar-refractivity contribution >= 4 is 23.3 Å². The Morgan fingerprint density at radius 2 is 2.17 bits per heavy atom. The van der Waals surface area contributed by atoms with Gasteiger partial charge in [-0.2, -0.15) is 4.99 Å². The van der Waals surface area contributed by atoms with Crippen LogP contribution in [0.15, 0.2) is 4.99 Å². The zero-order chi connectivity index (χ0) is 9.40. The molecule has 0 bridgehead atoms. The van der Waals surface area contributed by atoms with Gasteiger partial charge < -0.3 is 16.2 Å². The molecule has 0 spiro atoms. The van der Waals surface area contributed by atoms with Gasteiger partial charge in [-0.15, -0.1) is 0 Å². The van der Waals surface area contributed by atoms with Crippen LogP contribution in [-0.2, 0) is 9.57 Å². The predicted octanol–water partition coefficient (Wildman–Crippen LogP) is -1.29. The van der Waals surface area contributed by atoms with Gasteiger partial charge in [0.25, 0.3) is 0 Å². The number of nitrogens with zero attached hydrogens (tertiary/aromatic N) is 1. The molecule has 6 nitrogen and oxygen atoms in total. The SMILES string of the molecule is COCCON/C(N)=N/C(N)=S. The van der Waals surface area contributed by atoms with Crippen molar-refractivity contribution in [3.8, 4) is 0 Å². The van der Waals surface area contributed by atoms with Crippen molar-refractivity contribution < 1.29 is 9.57 Å². The van der Waals surface area contributed by atoms with Gasteiger partial charge in [0, 0.05) is 7.11 Å². The number of guanidine groups is 1. The first-order valence-corrected chi connectivity index (χ1v) is 3.58. The Labute approximate surface area is 75.9 Å². The van der Waals surface area contributed by atoms with Crippen molar-refractivity contribution in [1.29, 1.82) is 0 Å². The van der Waals surface area contributed by atoms with E-state index in [2.05, 4.69) is 22.7 Å². The van der Waals surface area contributed by atoms with E-state index in [1.165, 1.54) is 0 Å². The minimum Gasteiger partial charge on any atom is -0.382 e. The molecular weight excluding hydrogens is 180 g/mol. The highest BCUT2D eigenvalue weighted by atomic mass is 32.1. The van der Waals surface area contributed by atoms with Gasteiger partial charge in [0.05, 0.1) is 13.2 Å². The average molecular weight is 192 g/mol. The summed E-state index contributed by atoms with van der Waals surface area (Å²) in [5, 5.41) is -0.0460. The number of hydrogen-bond donors (Lipinski definition) is 3. The molecular formula is C5H12N4O2S. The fraction of sp³-hybridized carbons (Fsp3) is 0.600. The molecule has 0 saturated carbocycles. The van der Waals surface area contributed by atoms with Crippen molar-refractivity contribution in [2.45, 2.75) is 0 Å². The Morgan fingerprint density at radius 1 is 1.50 bits per heavy atom. The van der Waals surface area contributed by atoms with Gasteiger partial charge in [-0.3, -0.25) is 4.84 Å². The molecule has 0 aromatic heterocycles. The monoisotopic (exact) mass is 192 g/mol. The maximum Gasteiger partial charge on any atom is 0.220 e. The highest BCUT2D eigenvalue weighted by Crippen LogP contribution is 1.72. The molecule has 0 aliphatic rings. The second kappa shape index (κ2) is 6.77. The molecule has 0 aliphatic heterocycles. The lowest BCUT2D eigenvalue weighted by Gasteiger charge is -2.04. The van der Waals surface area contributed by atoms with Crippen LogP contribution in [-0.4, -0.2) is 31.4 Å². The van der Waals surface area contributed by atoms with Gasteiger partial charge in [0.2, 0.25) is 5.96 Å². The number of rotatable bonds is 4. The summed E-state index contributed by atoms with van der Waals surface area (Å²) < 4.78 is 4.71. The maximum atomic E-state index is 5.26. The number of hydrogen-bond acceptors (Lipinski definition) is 3. The topological polar surface area (TPSA) is 94.9 Å². The molecule has 0 heterocycles. The van der Waals surface area contributed by atoms with Crippen molar-refractivity contribution in [2.24, 2.45) is 16.5 Å². The molecule has 7 heteroatoms. The number of thiocarbonyl (C=S) groups is 1. The Bertz CT molecular complexity index is 173. The molecule has 0 saturated heterocycles. The number of nitrogens with one attached hydrogen (secondary N) is 1. The molecule has 0 aromatic rings. The number of methoxy groups -OCH3 is 1. The number of nitrogens with two attached hydrogens (primary N) is 2. The highest BCUT2D eigenvalue weighted by Gasteiger charge is 1.91. The second-order valence-corrected chi connectivity index (χ2v) is 2.20. The fourth-order valence-corrected chi connectivity index (χ4v) is 0.490. The van der Waals surface area contributed by atoms with E-state index in [9.17, 15) is 0 Å². The summed E-state index contributed by atoms with van der Waals surface area (Å²) in [5.74, 6) is 0.0265. The zero-order valence-corrected chi connectivity index (χ0v) is 7.56. The molecule has 12 heavy (non-hydrogen) atoms. The molecule has 0 radical (unpaired) electrons. The lowest BCUT2D eigenvalue weighted by Crippen LogP contribution is -2.34. The van der Waals surface area contributed by atoms with Crippen LogP contribution in [0, 0.1) is 0 Å². The first-order valence-electron chi connectivity index (χ1n) is 3.17. The van der Waals surface area contributed by atoms with Gasteiger partial charge in [0.15, 0.2) is 5.11 Å². The number of hydroxylamine groups is 1. The highest BCUT2D eigenvalue weighted by molar-refractivity contribution is 7.80. The molecule has 5 N–H and O–H groups in total. The first kappa shape index (κ1) is 11.1. The zero-order valence-electron chi connectivity index (χ0n) is 6.74. The van der Waals surface area contributed by atoms with Gasteiger partial charge in [-0.25, -0.2) is 5.48 Å². The van der Waals surface area contributed by atoms with Gasteiger partial charge in [-0.05, 0) is 12.2 Å². The molecule has 0 rings (SSSR count). The van der Waals surface area contributed by atoms with E-state index in [4.69, 9.17) is 21.0 Å². The Kier molecular flexibility index (Phi) is 6.25. The van der Waals surface area contributed by atoms with Crippen LogP contribution < -0.4 is 16.9 Å². The van der Waals surface area contributed by atoms with Crippen LogP contribution in [0.5, 0.6) is 0 Å². The van der Waals surface area contributed by atoms with E-state index < -0.39 is 0 Å². The molecule has 0 atom stereocenters. The summed E-state index contributed by atoms with van der Waals surface area (Å²) >= 11 is 4.46. The summed E-state index contributed by atoms with van der Waals surface area (Å²) in [6, 6.07) is 0. The summed E-state index contributed by atoms with van der Waals surface area (Å²) in [6.07, 6.45) is 0. The minimum atomic E-state index is -0.0460. The average Bonchev–Trinajstić information content (AvgIpc) is 1.97. The van der Waals surface area contributed by atoms with Crippen LogP contribution >= 0.6 is 12.2 Å². The molecule has 70 valence electrons. The smallest absolute Gasteiger partial charge is 0.220 e. The molecule has 0 fully saturated rings. The summed E-state index contributed by atoms with van der Waals surface area (Å²) in [5.41, 5.74) is 12.7. The van der Waals surface area contributed by atoms with Crippen LogP contribution in [0.2, 0.25) is 0 Å². The Hall–Kier alpha value is -0.920. The van der Waals surface area contributed by atoms with Gasteiger partial charge >= 0.3 is 0 Å². The van der Waals surface area contributed by atoms with Crippen molar-refractivity contribution in [1.82, 2.24) is 5.48 Å². The predicted molar refractivity (Wildman–Crippen MR) is 49.4 cm³/mol. The van der Waals surface area contributed by atoms with E-state index in [1.54, 1.807) is 7.11 Å². The van der Waals surface area contributed by atoms with Crippen LogP contribution in [0.1, 0.15) is 0 Å². The fourth-order valence-electron chi connectivity index (χ4n) is 0.392. The van der Waals surface area contributed by atoms with E-state index in [1.807, 2.05) is 0 Å². The second-order valence-electron chi connectivity index (χ2n) is 1.78. The quantitative estimate of drug-likeness (QED) is 0.169. The Morgan fingerprint density at radius 3 is 2.67 bits per heavy atom. The third-order valence-corrected chi connectivity index (χ3v) is 0.888. The van der Waals surface area contributed by atoms with Crippen molar-refractivity contribution in [3.63, 3.8) is 0 Å². The molecule has 0 aliphatic carbocycles. The number of aliphatic imine (C=N–C) groups is 1. The van der Waals surface area contributed by atoms with E-state index in [0.29, 0.717) is 13.2 Å². The van der Waals surface area contributed by atoms with Crippen molar-refractivity contribution in [2.75, 3.05) is 20.3 Å². The lowest BCUT2D eigenvalue weighted by atomic mass is 10.8. The largest absolute Gasteiger partial charge is 0.382 e. The minimum absolute atomic E-state index is 0.0265. The normalized spacial score (nSPS) is 11.2. The van der Waals surface area contributed by atoms with Gasteiger partial charge in [-0.1, -0.05) is 0 Å². The van der Waals surface area contributed by atoms with E-state index in [0.717, 1.165) is 0 Å². The van der Waals surface area contributed by atoms with Crippen LogP contribution in [0.3, 0.4) is 0 Å². The third-order valence-electron chi connectivity index (χ3n) is 0.797. The molecule has 0 aromatic carbocycles. The van der Waals surface area contributed by atoms with Crippen LogP contribution in [0.4, 0.5) is 0 Å². The third kappa shape index (κ3) is 7.19. The first-order chi connectivity index (χ1) is 5.66. The van der Waals surface area contributed by atoms with Crippen LogP contribution in [0.25, 0.3) is 0 Å². The van der Waals surface area contributed by atoms with E-state index >= 15 is 0 Å². The number of ether oxygens (including phenoxy) is 1. The summed E-state index contributed by atoms with van der Waals surface area (Å²) in [6.45, 7) is 0.831. The molecule has 0 amide bonds. The summed E-state index contributed by atoms with van der Waals surface area (Å²) in [7, 11) is 1.57. The standard InChI is InChI=1S/C5H12N4O2S/c1-10-2-3-11-9-4(6)8-5(7)12/h2-3H2,1H3,(H5,6,7,8,9,12).